The first-order chi connectivity index (χ1) is 17.4. The van der Waals surface area contributed by atoms with E-state index in [1.807, 2.05) is 0 Å². The van der Waals surface area contributed by atoms with Gasteiger partial charge in [0.2, 0.25) is 0 Å². The van der Waals surface area contributed by atoms with E-state index >= 15 is 0 Å². The van der Waals surface area contributed by atoms with Crippen molar-refractivity contribution in [2.75, 3.05) is 53.3 Å². The van der Waals surface area contributed by atoms with Gasteiger partial charge in [0.05, 0.1) is 0 Å². The van der Waals surface area contributed by atoms with Gasteiger partial charge in [0.1, 0.15) is 0 Å². The summed E-state index contributed by atoms with van der Waals surface area (Å²) in [6.45, 7) is 22.5. The molecule has 0 aromatic heterocycles. The van der Waals surface area contributed by atoms with Crippen LogP contribution in [0.4, 0.5) is 0 Å². The van der Waals surface area contributed by atoms with Gasteiger partial charge in [-0.15, -0.1) is 0 Å². The fourth-order valence-corrected chi connectivity index (χ4v) is 270. The number of hydrogen-bond acceptors (Lipinski definition) is 0. The van der Waals surface area contributed by atoms with Gasteiger partial charge < -0.3 is 0 Å². The van der Waals surface area contributed by atoms with Crippen molar-refractivity contribution in [3.8, 4) is 0 Å². The van der Waals surface area contributed by atoms with Crippen LogP contribution >= 0.6 is 21.4 Å². The van der Waals surface area contributed by atoms with E-state index in [1.54, 1.807) is 21.2 Å². The molecule has 0 aliphatic carbocycles. The number of benzene rings is 4. The number of rotatable bonds is 8. The van der Waals surface area contributed by atoms with Crippen molar-refractivity contribution < 1.29 is 14.0 Å². The molecule has 0 fully saturated rings. The third-order valence-electron chi connectivity index (χ3n) is 8.14. The van der Waals surface area contributed by atoms with Crippen LogP contribution in [0.2, 0.25) is 0 Å². The fraction of sp³-hybridized carbons (Fsp3) is 0.250. The maximum absolute atomic E-state index is 2.82. The van der Waals surface area contributed by atoms with Crippen LogP contribution in [-0.4, -0.2) is 53.3 Å². The van der Waals surface area contributed by atoms with Gasteiger partial charge in [0.25, 0.3) is 0 Å². The molecule has 0 aliphatic heterocycles. The number of hydrogen-bond donors (Lipinski definition) is 0. The van der Waals surface area contributed by atoms with Crippen molar-refractivity contribution in [1.82, 2.24) is 0 Å². The molecule has 4 aromatic rings. The first kappa shape index (κ1) is 29.3. The summed E-state index contributed by atoms with van der Waals surface area (Å²) in [5.74, 6) is 0. The molecule has 0 bridgehead atoms. The van der Waals surface area contributed by atoms with E-state index in [2.05, 4.69) is 175 Å². The summed E-state index contributed by atoms with van der Waals surface area (Å²) in [5.41, 5.74) is 0. The van der Waals surface area contributed by atoms with Gasteiger partial charge in [0.15, 0.2) is 0 Å². The molecular weight excluding hydrogens is 703 g/mol. The molecular formula is C32H48P4Pt. The molecule has 0 aliphatic rings. The topological polar surface area (TPSA) is 0 Å². The molecule has 206 valence electrons. The first-order valence-electron chi connectivity index (χ1n) is 13.3. The molecule has 0 saturated carbocycles. The van der Waals surface area contributed by atoms with Crippen molar-refractivity contribution in [2.45, 2.75) is 0 Å². The summed E-state index contributed by atoms with van der Waals surface area (Å²) in [4.78, 5) is 0. The second-order valence-electron chi connectivity index (χ2n) is 11.5. The summed E-state index contributed by atoms with van der Waals surface area (Å²) < 4.78 is 0. The molecule has 0 spiro atoms. The monoisotopic (exact) mass is 751 g/mol. The molecule has 0 heterocycles. The van der Waals surface area contributed by atoms with E-state index < -0.39 is 35.4 Å². The zero-order valence-corrected chi connectivity index (χ0v) is 30.1. The Morgan fingerprint density at radius 3 is 0.622 bits per heavy atom. The van der Waals surface area contributed by atoms with Gasteiger partial charge in [-0.25, -0.2) is 0 Å². The predicted octanol–water partition coefficient (Wildman–Crippen LogP) is 7.14. The van der Waals surface area contributed by atoms with Gasteiger partial charge in [-0.2, -0.15) is 0 Å². The average molecular weight is 752 g/mol. The average Bonchev–Trinajstić information content (AvgIpc) is 2.90. The van der Waals surface area contributed by atoms with Gasteiger partial charge >= 0.3 is 231 Å². The van der Waals surface area contributed by atoms with E-state index in [0.29, 0.717) is 0 Å². The molecule has 0 saturated heterocycles. The molecule has 5 heteroatoms. The minimum atomic E-state index is -2.82. The van der Waals surface area contributed by atoms with Crippen LogP contribution in [0.5, 0.6) is 0 Å². The predicted molar refractivity (Wildman–Crippen MR) is 185 cm³/mol. The minimum absolute atomic E-state index is 1.69. The SMILES string of the molecule is C[PH](C)(c1ccccc1)[Pt]([PH](C)(C)c1ccccc1)([PH](C)(C)c1ccccc1)[PH](C)(C)c1ccccc1. The Bertz CT molecular complexity index is 1090. The van der Waals surface area contributed by atoms with Crippen LogP contribution in [0.1, 0.15) is 0 Å². The van der Waals surface area contributed by atoms with Crippen LogP contribution in [0.15, 0.2) is 121 Å². The van der Waals surface area contributed by atoms with Gasteiger partial charge in [0, 0.05) is 0 Å². The zero-order chi connectivity index (χ0) is 27.0. The molecule has 4 rings (SSSR count). The zero-order valence-electron chi connectivity index (χ0n) is 23.9. The summed E-state index contributed by atoms with van der Waals surface area (Å²) in [6, 6.07) is 47.3. The van der Waals surface area contributed by atoms with Crippen molar-refractivity contribution >= 4 is 42.6 Å². The fourth-order valence-electron chi connectivity index (χ4n) is 6.81. The van der Waals surface area contributed by atoms with Crippen LogP contribution in [0, 0.1) is 0 Å². The van der Waals surface area contributed by atoms with Crippen LogP contribution in [0.3, 0.4) is 0 Å². The molecule has 37 heavy (non-hydrogen) atoms. The molecule has 0 radical (unpaired) electrons. The molecule has 0 atom stereocenters. The van der Waals surface area contributed by atoms with Gasteiger partial charge in [-0.05, 0) is 0 Å². The summed E-state index contributed by atoms with van der Waals surface area (Å²) in [5, 5.41) is -1.03. The normalized spacial score (nSPS) is 17.3. The summed E-state index contributed by atoms with van der Waals surface area (Å²) in [7, 11) is 0. The van der Waals surface area contributed by atoms with Gasteiger partial charge in [-0.3, -0.25) is 0 Å². The van der Waals surface area contributed by atoms with E-state index in [-0.39, 0.29) is 0 Å². The summed E-state index contributed by atoms with van der Waals surface area (Å²) in [6.07, 6.45) is 0. The Kier molecular flexibility index (Phi) is 8.74. The van der Waals surface area contributed by atoms with Crippen LogP contribution in [-0.2, 0) is 14.0 Å². The Labute approximate surface area is 230 Å². The standard InChI is InChI=1S/4C8H11P.Pt/c4*1-9(2)8-6-4-3-5-7-8;/h4*3-7H,1-2H3;/q;;;;-4/p+4. The summed E-state index contributed by atoms with van der Waals surface area (Å²) >= 11 is -2.82. The second kappa shape index (κ2) is 11.0. The van der Waals surface area contributed by atoms with Crippen LogP contribution in [0.25, 0.3) is 0 Å². The third kappa shape index (κ3) is 4.69. The van der Waals surface area contributed by atoms with Crippen molar-refractivity contribution in [2.24, 2.45) is 0 Å². The molecule has 4 aromatic carbocycles. The first-order valence-corrected chi connectivity index (χ1v) is 38.2. The Morgan fingerprint density at radius 1 is 0.297 bits per heavy atom. The van der Waals surface area contributed by atoms with Crippen molar-refractivity contribution in [1.29, 1.82) is 0 Å². The maximum atomic E-state index is 2.81. The van der Waals surface area contributed by atoms with Crippen LogP contribution < -0.4 is 21.2 Å². The molecule has 0 N–H and O–H groups in total. The van der Waals surface area contributed by atoms with E-state index in [1.165, 1.54) is 0 Å². The Balaban J connectivity index is 2.24. The van der Waals surface area contributed by atoms with Crippen molar-refractivity contribution in [3.05, 3.63) is 121 Å². The van der Waals surface area contributed by atoms with Gasteiger partial charge in [-0.1, -0.05) is 0 Å². The van der Waals surface area contributed by atoms with Crippen molar-refractivity contribution in [3.63, 3.8) is 0 Å². The quantitative estimate of drug-likeness (QED) is 0.168. The molecule has 0 unspecified atom stereocenters. The second-order valence-corrected chi connectivity index (χ2v) is 93.5. The third-order valence-corrected chi connectivity index (χ3v) is 195. The van der Waals surface area contributed by atoms with E-state index in [0.717, 1.165) is 0 Å². The Morgan fingerprint density at radius 2 is 0.459 bits per heavy atom. The van der Waals surface area contributed by atoms with E-state index in [9.17, 15) is 0 Å². The molecule has 0 nitrogen and oxygen atoms in total. The van der Waals surface area contributed by atoms with E-state index in [4.69, 9.17) is 0 Å². The Hall–Kier alpha value is -0.712. The molecule has 0 amide bonds.